The molecule has 1 fully saturated rings. The van der Waals surface area contributed by atoms with Gasteiger partial charge in [0.15, 0.2) is 5.78 Å². The Morgan fingerprint density at radius 2 is 1.95 bits per heavy atom. The summed E-state index contributed by atoms with van der Waals surface area (Å²) in [5, 5.41) is 9.31. The maximum atomic E-state index is 12.3. The Balaban J connectivity index is 1.92. The van der Waals surface area contributed by atoms with Crippen LogP contribution >= 0.6 is 0 Å². The van der Waals surface area contributed by atoms with Crippen molar-refractivity contribution < 1.29 is 9.53 Å². The van der Waals surface area contributed by atoms with Crippen molar-refractivity contribution in [3.63, 3.8) is 0 Å². The van der Waals surface area contributed by atoms with E-state index in [1.54, 1.807) is 19.2 Å². The van der Waals surface area contributed by atoms with Gasteiger partial charge in [0.25, 0.3) is 0 Å². The van der Waals surface area contributed by atoms with E-state index in [2.05, 4.69) is 6.07 Å². The van der Waals surface area contributed by atoms with Gasteiger partial charge in [-0.1, -0.05) is 44.2 Å². The van der Waals surface area contributed by atoms with E-state index < -0.39 is 5.92 Å². The largest absolute Gasteiger partial charge is 0.497 e. The molecular weight excluding hydrogens is 262 g/mol. The van der Waals surface area contributed by atoms with Crippen molar-refractivity contribution >= 4 is 5.78 Å². The summed E-state index contributed by atoms with van der Waals surface area (Å²) in [5.41, 5.74) is 0.770. The summed E-state index contributed by atoms with van der Waals surface area (Å²) in [7, 11) is 1.60. The summed E-state index contributed by atoms with van der Waals surface area (Å²) in [4.78, 5) is 12.3. The van der Waals surface area contributed by atoms with Crippen molar-refractivity contribution in [2.24, 2.45) is 5.92 Å². The Kier molecular flexibility index (Phi) is 5.80. The molecule has 0 heterocycles. The molecule has 1 aromatic carbocycles. The normalized spacial score (nSPS) is 17.0. The van der Waals surface area contributed by atoms with E-state index >= 15 is 0 Å². The number of Topliss-reactive ketones (excluding diaryl/α,β-unsaturated/α-hetero) is 1. The number of benzene rings is 1. The maximum Gasteiger partial charge on any atom is 0.154 e. The summed E-state index contributed by atoms with van der Waals surface area (Å²) in [5.74, 6) is 0.829. The quantitative estimate of drug-likeness (QED) is 0.785. The van der Waals surface area contributed by atoms with Crippen molar-refractivity contribution in [3.8, 4) is 11.8 Å². The second-order valence-corrected chi connectivity index (χ2v) is 5.84. The molecule has 2 rings (SSSR count). The van der Waals surface area contributed by atoms with Crippen LogP contribution < -0.4 is 4.74 Å². The van der Waals surface area contributed by atoms with Crippen LogP contribution in [0, 0.1) is 17.2 Å². The van der Waals surface area contributed by atoms with Crippen molar-refractivity contribution in [2.45, 2.75) is 50.9 Å². The minimum absolute atomic E-state index is 0.0493. The fourth-order valence-electron chi connectivity index (χ4n) is 3.10. The van der Waals surface area contributed by atoms with Crippen LogP contribution in [-0.4, -0.2) is 12.9 Å². The molecule has 0 bridgehead atoms. The Bertz CT molecular complexity index is 495. The Hall–Kier alpha value is -1.82. The average Bonchev–Trinajstić information content (AvgIpc) is 2.55. The van der Waals surface area contributed by atoms with Crippen LogP contribution in [0.2, 0.25) is 0 Å². The summed E-state index contributed by atoms with van der Waals surface area (Å²) < 4.78 is 5.10. The molecule has 0 amide bonds. The smallest absolute Gasteiger partial charge is 0.154 e. The van der Waals surface area contributed by atoms with Crippen LogP contribution in [-0.2, 0) is 4.79 Å². The maximum absolute atomic E-state index is 12.3. The van der Waals surface area contributed by atoms with E-state index in [0.717, 1.165) is 17.7 Å². The lowest BCUT2D eigenvalue weighted by Crippen LogP contribution is -2.14. The number of hydrogen-bond acceptors (Lipinski definition) is 3. The van der Waals surface area contributed by atoms with Gasteiger partial charge in [-0.3, -0.25) is 4.79 Å². The number of ketones is 1. The monoisotopic (exact) mass is 285 g/mol. The van der Waals surface area contributed by atoms with Crippen LogP contribution in [0.4, 0.5) is 0 Å². The molecule has 0 N–H and O–H groups in total. The molecule has 0 spiro atoms. The molecule has 21 heavy (non-hydrogen) atoms. The molecule has 0 radical (unpaired) electrons. The molecule has 1 aliphatic rings. The third-order valence-electron chi connectivity index (χ3n) is 4.42. The van der Waals surface area contributed by atoms with Crippen LogP contribution in [0.25, 0.3) is 0 Å². The minimum Gasteiger partial charge on any atom is -0.497 e. The van der Waals surface area contributed by atoms with Gasteiger partial charge >= 0.3 is 0 Å². The van der Waals surface area contributed by atoms with Crippen molar-refractivity contribution in [3.05, 3.63) is 29.8 Å². The summed E-state index contributed by atoms with van der Waals surface area (Å²) in [6, 6.07) is 9.37. The van der Waals surface area contributed by atoms with Crippen molar-refractivity contribution in [1.29, 1.82) is 5.26 Å². The molecule has 112 valence electrons. The summed E-state index contributed by atoms with van der Waals surface area (Å²) in [6.45, 7) is 0. The zero-order valence-electron chi connectivity index (χ0n) is 12.7. The third-order valence-corrected chi connectivity index (χ3v) is 4.42. The summed E-state index contributed by atoms with van der Waals surface area (Å²) >= 11 is 0. The van der Waals surface area contributed by atoms with Gasteiger partial charge in [0.2, 0.25) is 0 Å². The second kappa shape index (κ2) is 7.83. The van der Waals surface area contributed by atoms with E-state index in [1.165, 1.54) is 32.1 Å². The fraction of sp³-hybridized carbons (Fsp3) is 0.556. The second-order valence-electron chi connectivity index (χ2n) is 5.84. The SMILES string of the molecule is COc1ccc(C(C#N)C(=O)CCC2CCCCC2)cc1. The molecule has 0 aromatic heterocycles. The molecule has 0 saturated heterocycles. The van der Waals surface area contributed by atoms with E-state index in [4.69, 9.17) is 4.74 Å². The van der Waals surface area contributed by atoms with Crippen molar-refractivity contribution in [2.75, 3.05) is 7.11 Å². The lowest BCUT2D eigenvalue weighted by molar-refractivity contribution is -0.119. The highest BCUT2D eigenvalue weighted by atomic mass is 16.5. The van der Waals surface area contributed by atoms with Crippen LogP contribution in [0.3, 0.4) is 0 Å². The number of nitriles is 1. The first-order valence-corrected chi connectivity index (χ1v) is 7.81. The number of carbonyl (C=O) groups is 1. The Labute approximate surface area is 126 Å². The number of methoxy groups -OCH3 is 1. The van der Waals surface area contributed by atoms with Gasteiger partial charge in [-0.15, -0.1) is 0 Å². The number of hydrogen-bond donors (Lipinski definition) is 0. The minimum atomic E-state index is -0.639. The number of rotatable bonds is 6. The predicted molar refractivity (Wildman–Crippen MR) is 82.2 cm³/mol. The lowest BCUT2D eigenvalue weighted by Gasteiger charge is -2.21. The Morgan fingerprint density at radius 1 is 1.29 bits per heavy atom. The lowest BCUT2D eigenvalue weighted by atomic mass is 9.84. The van der Waals surface area contributed by atoms with Gasteiger partial charge in [-0.25, -0.2) is 0 Å². The number of nitrogens with zero attached hydrogens (tertiary/aromatic N) is 1. The zero-order chi connectivity index (χ0) is 15.1. The zero-order valence-corrected chi connectivity index (χ0v) is 12.7. The van der Waals surface area contributed by atoms with Crippen LogP contribution in [0.1, 0.15) is 56.4 Å². The van der Waals surface area contributed by atoms with E-state index in [0.29, 0.717) is 12.3 Å². The fourth-order valence-corrected chi connectivity index (χ4v) is 3.10. The topological polar surface area (TPSA) is 50.1 Å². The molecule has 3 nitrogen and oxygen atoms in total. The van der Waals surface area contributed by atoms with Crippen molar-refractivity contribution in [1.82, 2.24) is 0 Å². The molecule has 1 saturated carbocycles. The molecule has 3 heteroatoms. The molecular formula is C18H23NO2. The van der Waals surface area contributed by atoms with Gasteiger partial charge in [0.05, 0.1) is 13.2 Å². The standard InChI is InChI=1S/C18H23NO2/c1-21-16-10-8-15(9-11-16)17(13-19)18(20)12-7-14-5-3-2-4-6-14/h8-11,14,17H,2-7,12H2,1H3. The van der Waals surface area contributed by atoms with Gasteiger partial charge in [0, 0.05) is 6.42 Å². The first kappa shape index (κ1) is 15.6. The molecule has 1 unspecified atom stereocenters. The van der Waals surface area contributed by atoms with Crippen LogP contribution in [0.5, 0.6) is 5.75 Å². The molecule has 1 aliphatic carbocycles. The summed E-state index contributed by atoms with van der Waals surface area (Å²) in [6.07, 6.45) is 7.86. The molecule has 1 aromatic rings. The highest BCUT2D eigenvalue weighted by Gasteiger charge is 2.22. The first-order valence-electron chi connectivity index (χ1n) is 7.81. The first-order chi connectivity index (χ1) is 10.2. The van der Waals surface area contributed by atoms with E-state index in [-0.39, 0.29) is 5.78 Å². The van der Waals surface area contributed by atoms with Gasteiger partial charge in [0.1, 0.15) is 11.7 Å². The Morgan fingerprint density at radius 3 is 2.52 bits per heavy atom. The van der Waals surface area contributed by atoms with Gasteiger partial charge in [-0.05, 0) is 30.0 Å². The van der Waals surface area contributed by atoms with E-state index in [1.807, 2.05) is 12.1 Å². The van der Waals surface area contributed by atoms with Gasteiger partial charge in [-0.2, -0.15) is 5.26 Å². The predicted octanol–water partition coefficient (Wildman–Crippen LogP) is 4.23. The average molecular weight is 285 g/mol. The van der Waals surface area contributed by atoms with E-state index in [9.17, 15) is 10.1 Å². The molecule has 0 aliphatic heterocycles. The van der Waals surface area contributed by atoms with Crippen LogP contribution in [0.15, 0.2) is 24.3 Å². The van der Waals surface area contributed by atoms with Gasteiger partial charge < -0.3 is 4.74 Å². The molecule has 1 atom stereocenters. The highest BCUT2D eigenvalue weighted by molar-refractivity contribution is 5.88. The third kappa shape index (κ3) is 4.32. The number of ether oxygens (including phenoxy) is 1. The highest BCUT2D eigenvalue weighted by Crippen LogP contribution is 2.29. The number of carbonyl (C=O) groups excluding carboxylic acids is 1.